The van der Waals surface area contributed by atoms with Gasteiger partial charge in [-0.3, -0.25) is 4.99 Å². The van der Waals surface area contributed by atoms with E-state index in [1.54, 1.807) is 11.3 Å². The fraction of sp³-hybridized carbons (Fsp3) is 0.333. The van der Waals surface area contributed by atoms with Gasteiger partial charge in [-0.2, -0.15) is 0 Å². The summed E-state index contributed by atoms with van der Waals surface area (Å²) < 4.78 is 0. The number of rotatable bonds is 0. The van der Waals surface area contributed by atoms with Crippen LogP contribution in [0.1, 0.15) is 25.6 Å². The minimum Gasteiger partial charge on any atom is -0.255 e. The number of aromatic nitrogens is 1. The Morgan fingerprint density at radius 2 is 2.13 bits per heavy atom. The average molecular weight is 216 g/mol. The second-order valence-electron chi connectivity index (χ2n) is 4.46. The third kappa shape index (κ3) is 1.04. The first kappa shape index (κ1) is 9.04. The van der Waals surface area contributed by atoms with Crippen LogP contribution < -0.4 is 0 Å². The summed E-state index contributed by atoms with van der Waals surface area (Å²) in [4.78, 5) is 11.5. The van der Waals surface area contributed by atoms with Gasteiger partial charge in [0, 0.05) is 27.6 Å². The summed E-state index contributed by atoms with van der Waals surface area (Å²) in [6.45, 7) is 6.56. The second kappa shape index (κ2) is 2.67. The number of thiophene rings is 1. The van der Waals surface area contributed by atoms with Crippen LogP contribution in [0.3, 0.4) is 0 Å². The first-order chi connectivity index (χ1) is 7.10. The Hall–Kier alpha value is -1.22. The monoisotopic (exact) mass is 216 g/mol. The van der Waals surface area contributed by atoms with Gasteiger partial charge in [0.05, 0.1) is 5.69 Å². The number of pyridine rings is 1. The zero-order valence-electron chi connectivity index (χ0n) is 9.03. The Bertz CT molecular complexity index is 578. The molecule has 0 spiro atoms. The molecule has 0 N–H and O–H groups in total. The predicted octanol–water partition coefficient (Wildman–Crippen LogP) is 3.68. The lowest BCUT2D eigenvalue weighted by atomic mass is 9.88. The van der Waals surface area contributed by atoms with E-state index in [4.69, 9.17) is 0 Å². The first-order valence-corrected chi connectivity index (χ1v) is 5.86. The highest BCUT2D eigenvalue weighted by molar-refractivity contribution is 7.19. The highest BCUT2D eigenvalue weighted by Crippen LogP contribution is 2.48. The summed E-state index contributed by atoms with van der Waals surface area (Å²) in [6.07, 6.45) is 1.84. The van der Waals surface area contributed by atoms with Crippen LogP contribution in [0.15, 0.2) is 23.3 Å². The van der Waals surface area contributed by atoms with Crippen molar-refractivity contribution in [2.24, 2.45) is 4.99 Å². The molecule has 3 heterocycles. The molecule has 0 amide bonds. The van der Waals surface area contributed by atoms with E-state index in [1.165, 1.54) is 16.0 Å². The van der Waals surface area contributed by atoms with Crippen LogP contribution in [0.2, 0.25) is 0 Å². The van der Waals surface area contributed by atoms with Crippen LogP contribution in [0.25, 0.3) is 10.2 Å². The summed E-state index contributed by atoms with van der Waals surface area (Å²) in [5.74, 6) is 0. The Labute approximate surface area is 92.7 Å². The van der Waals surface area contributed by atoms with Crippen LogP contribution in [0.4, 0.5) is 5.69 Å². The number of hydrogen-bond donors (Lipinski definition) is 0. The van der Waals surface area contributed by atoms with Gasteiger partial charge in [0.15, 0.2) is 0 Å². The van der Waals surface area contributed by atoms with E-state index in [0.29, 0.717) is 0 Å². The molecule has 0 saturated carbocycles. The van der Waals surface area contributed by atoms with Crippen LogP contribution in [0.5, 0.6) is 0 Å². The predicted molar refractivity (Wildman–Crippen MR) is 65.4 cm³/mol. The second-order valence-corrected chi connectivity index (χ2v) is 5.46. The van der Waals surface area contributed by atoms with E-state index in [-0.39, 0.29) is 5.41 Å². The zero-order chi connectivity index (χ0) is 10.6. The summed E-state index contributed by atoms with van der Waals surface area (Å²) in [6, 6.07) is 4.08. The van der Waals surface area contributed by atoms with Crippen LogP contribution >= 0.6 is 11.3 Å². The molecule has 3 heteroatoms. The lowest BCUT2D eigenvalue weighted by Gasteiger charge is -2.17. The Morgan fingerprint density at radius 3 is 2.93 bits per heavy atom. The van der Waals surface area contributed by atoms with Gasteiger partial charge in [-0.1, -0.05) is 0 Å². The van der Waals surface area contributed by atoms with Crippen molar-refractivity contribution in [2.45, 2.75) is 26.2 Å². The van der Waals surface area contributed by atoms with Crippen molar-refractivity contribution in [1.29, 1.82) is 0 Å². The molecule has 1 aliphatic heterocycles. The minimum absolute atomic E-state index is 0.0840. The standard InChI is InChI=1S/C12H12N2S/c1-7-12(2,3)10-9(14-7)8-5-4-6-13-11(8)15-10/h4-6H,1-3H3. The van der Waals surface area contributed by atoms with Crippen LogP contribution in [0, 0.1) is 0 Å². The van der Waals surface area contributed by atoms with Gasteiger partial charge < -0.3 is 0 Å². The molecule has 2 nitrogen and oxygen atoms in total. The van der Waals surface area contributed by atoms with E-state index in [2.05, 4.69) is 36.8 Å². The van der Waals surface area contributed by atoms with Gasteiger partial charge in [0.25, 0.3) is 0 Å². The maximum atomic E-state index is 4.68. The van der Waals surface area contributed by atoms with Crippen molar-refractivity contribution >= 4 is 33.0 Å². The van der Waals surface area contributed by atoms with Crippen molar-refractivity contribution in [3.8, 4) is 0 Å². The van der Waals surface area contributed by atoms with Crippen LogP contribution in [-0.2, 0) is 5.41 Å². The highest BCUT2D eigenvalue weighted by atomic mass is 32.1. The van der Waals surface area contributed by atoms with Gasteiger partial charge in [0.1, 0.15) is 4.83 Å². The first-order valence-electron chi connectivity index (χ1n) is 5.04. The largest absolute Gasteiger partial charge is 0.255 e. The van der Waals surface area contributed by atoms with Crippen molar-refractivity contribution < 1.29 is 0 Å². The average Bonchev–Trinajstić information content (AvgIpc) is 2.66. The van der Waals surface area contributed by atoms with Crippen molar-refractivity contribution in [3.63, 3.8) is 0 Å². The maximum Gasteiger partial charge on any atom is 0.125 e. The fourth-order valence-electron chi connectivity index (χ4n) is 1.93. The SMILES string of the molecule is CC1=Nc2c(sc3ncccc23)C1(C)C. The molecule has 1 aliphatic rings. The Kier molecular flexibility index (Phi) is 1.61. The van der Waals surface area contributed by atoms with E-state index >= 15 is 0 Å². The maximum absolute atomic E-state index is 4.68. The number of nitrogens with zero attached hydrogens (tertiary/aromatic N) is 2. The molecule has 0 unspecified atom stereocenters. The van der Waals surface area contributed by atoms with E-state index in [1.807, 2.05) is 12.3 Å². The van der Waals surface area contributed by atoms with Crippen molar-refractivity contribution in [2.75, 3.05) is 0 Å². The van der Waals surface area contributed by atoms with E-state index < -0.39 is 0 Å². The molecule has 3 rings (SSSR count). The molecule has 0 aliphatic carbocycles. The zero-order valence-corrected chi connectivity index (χ0v) is 9.85. The minimum atomic E-state index is 0.0840. The molecular weight excluding hydrogens is 204 g/mol. The molecule has 0 bridgehead atoms. The van der Waals surface area contributed by atoms with E-state index in [9.17, 15) is 0 Å². The summed E-state index contributed by atoms with van der Waals surface area (Å²) in [5, 5.41) is 1.20. The van der Waals surface area contributed by atoms with Crippen molar-refractivity contribution in [3.05, 3.63) is 23.2 Å². The normalized spacial score (nSPS) is 17.9. The lowest BCUT2D eigenvalue weighted by molar-refractivity contribution is 0.749. The van der Waals surface area contributed by atoms with Gasteiger partial charge >= 0.3 is 0 Å². The molecule has 76 valence electrons. The smallest absolute Gasteiger partial charge is 0.125 e. The Morgan fingerprint density at radius 1 is 1.33 bits per heavy atom. The van der Waals surface area contributed by atoms with Crippen molar-refractivity contribution in [1.82, 2.24) is 4.98 Å². The highest BCUT2D eigenvalue weighted by Gasteiger charge is 2.35. The van der Waals surface area contributed by atoms with Gasteiger partial charge in [-0.15, -0.1) is 11.3 Å². The van der Waals surface area contributed by atoms with E-state index in [0.717, 1.165) is 10.5 Å². The fourth-order valence-corrected chi connectivity index (χ4v) is 3.16. The molecule has 2 aromatic heterocycles. The third-order valence-corrected chi connectivity index (χ3v) is 4.62. The third-order valence-electron chi connectivity index (χ3n) is 3.19. The molecular formula is C12H12N2S. The lowest BCUT2D eigenvalue weighted by Crippen LogP contribution is -2.21. The van der Waals surface area contributed by atoms with Crippen LogP contribution in [-0.4, -0.2) is 10.7 Å². The summed E-state index contributed by atoms with van der Waals surface area (Å²) >= 11 is 1.77. The molecule has 0 atom stereocenters. The quantitative estimate of drug-likeness (QED) is 0.659. The number of aliphatic imine (C=N–C) groups is 1. The number of fused-ring (bicyclic) bond motifs is 3. The molecule has 0 radical (unpaired) electrons. The van der Waals surface area contributed by atoms with Gasteiger partial charge in [-0.05, 0) is 32.9 Å². The van der Waals surface area contributed by atoms with Gasteiger partial charge in [-0.25, -0.2) is 4.98 Å². The molecule has 0 aromatic carbocycles. The van der Waals surface area contributed by atoms with Gasteiger partial charge in [0.2, 0.25) is 0 Å². The summed E-state index contributed by atoms with van der Waals surface area (Å²) in [7, 11) is 0. The summed E-state index contributed by atoms with van der Waals surface area (Å²) in [5.41, 5.74) is 2.43. The molecule has 0 saturated heterocycles. The molecule has 0 fully saturated rings. The number of hydrogen-bond acceptors (Lipinski definition) is 3. The molecule has 2 aromatic rings. The molecule has 15 heavy (non-hydrogen) atoms. The topological polar surface area (TPSA) is 25.2 Å². The Balaban J connectivity index is 2.42.